The second-order valence-corrected chi connectivity index (χ2v) is 8.89. The molecule has 33 heavy (non-hydrogen) atoms. The van der Waals surface area contributed by atoms with E-state index in [0.29, 0.717) is 29.0 Å². The van der Waals surface area contributed by atoms with E-state index in [1.807, 2.05) is 50.2 Å². The van der Waals surface area contributed by atoms with Gasteiger partial charge in [0.15, 0.2) is 0 Å². The fourth-order valence-corrected chi connectivity index (χ4v) is 4.12. The highest BCUT2D eigenvalue weighted by Gasteiger charge is 2.18. The summed E-state index contributed by atoms with van der Waals surface area (Å²) in [5, 5.41) is 8.23. The number of aryl methyl sites for hydroxylation is 1. The summed E-state index contributed by atoms with van der Waals surface area (Å²) in [6.45, 7) is 5.38. The third-order valence-corrected chi connectivity index (χ3v) is 6.18. The molecule has 0 aromatic heterocycles. The quantitative estimate of drug-likeness (QED) is 0.375. The van der Waals surface area contributed by atoms with Crippen LogP contribution in [0.3, 0.4) is 0 Å². The number of hydrogen-bond donors (Lipinski definition) is 3. The van der Waals surface area contributed by atoms with Gasteiger partial charge in [-0.15, -0.1) is 11.8 Å². The Balaban J connectivity index is 1.62. The Hall–Kier alpha value is -3.58. The average molecular weight is 462 g/mol. The molecule has 1 unspecified atom stereocenters. The lowest BCUT2D eigenvalue weighted by atomic mass is 10.1. The lowest BCUT2D eigenvalue weighted by molar-refractivity contribution is -0.116. The van der Waals surface area contributed by atoms with Gasteiger partial charge in [0.05, 0.1) is 5.25 Å². The van der Waals surface area contributed by atoms with E-state index in [9.17, 15) is 14.4 Å². The summed E-state index contributed by atoms with van der Waals surface area (Å²) in [5.41, 5.74) is 3.69. The number of amides is 3. The second kappa shape index (κ2) is 11.3. The Morgan fingerprint density at radius 3 is 2.06 bits per heavy atom. The standard InChI is InChI=1S/C26H27N3O3S/c1-4-24(26(32)28-21-14-12-20(13-15-21)27-18(3)30)33-23-7-5-6-22(16-23)29-25(31)19-10-8-17(2)9-11-19/h5-16,24H,4H2,1-3H3,(H,27,30)(H,28,32)(H,29,31). The molecule has 0 heterocycles. The summed E-state index contributed by atoms with van der Waals surface area (Å²) < 4.78 is 0. The number of anilines is 3. The molecule has 0 aliphatic carbocycles. The van der Waals surface area contributed by atoms with Crippen molar-refractivity contribution in [3.05, 3.63) is 83.9 Å². The molecule has 0 saturated heterocycles. The molecule has 0 fully saturated rings. The summed E-state index contributed by atoms with van der Waals surface area (Å²) in [7, 11) is 0. The third-order valence-electron chi connectivity index (χ3n) is 4.82. The van der Waals surface area contributed by atoms with Gasteiger partial charge in [-0.1, -0.05) is 30.7 Å². The lowest BCUT2D eigenvalue weighted by Gasteiger charge is -2.16. The molecule has 0 bridgehead atoms. The molecule has 170 valence electrons. The zero-order valence-corrected chi connectivity index (χ0v) is 19.7. The first-order valence-electron chi connectivity index (χ1n) is 10.7. The van der Waals surface area contributed by atoms with Crippen LogP contribution in [0.5, 0.6) is 0 Å². The van der Waals surface area contributed by atoms with Crippen LogP contribution in [0.25, 0.3) is 0 Å². The van der Waals surface area contributed by atoms with Crippen LogP contribution in [-0.4, -0.2) is 23.0 Å². The predicted molar refractivity (Wildman–Crippen MR) is 135 cm³/mol. The van der Waals surface area contributed by atoms with Crippen molar-refractivity contribution >= 4 is 46.5 Å². The van der Waals surface area contributed by atoms with Gasteiger partial charge >= 0.3 is 0 Å². The van der Waals surface area contributed by atoms with Crippen molar-refractivity contribution in [3.63, 3.8) is 0 Å². The summed E-state index contributed by atoms with van der Waals surface area (Å²) in [5.74, 6) is -0.431. The van der Waals surface area contributed by atoms with Crippen molar-refractivity contribution in [3.8, 4) is 0 Å². The third kappa shape index (κ3) is 7.22. The number of nitrogens with one attached hydrogen (secondary N) is 3. The first-order chi connectivity index (χ1) is 15.8. The largest absolute Gasteiger partial charge is 0.326 e. The molecule has 3 amide bonds. The average Bonchev–Trinajstić information content (AvgIpc) is 2.79. The fourth-order valence-electron chi connectivity index (χ4n) is 3.10. The van der Waals surface area contributed by atoms with Crippen LogP contribution in [-0.2, 0) is 9.59 Å². The van der Waals surface area contributed by atoms with Crippen LogP contribution < -0.4 is 16.0 Å². The molecule has 0 saturated carbocycles. The van der Waals surface area contributed by atoms with Gasteiger partial charge in [-0.05, 0) is 67.9 Å². The summed E-state index contributed by atoms with van der Waals surface area (Å²) in [4.78, 5) is 37.3. The Morgan fingerprint density at radius 2 is 1.45 bits per heavy atom. The molecule has 3 rings (SSSR count). The molecule has 0 aliphatic rings. The molecule has 7 heteroatoms. The van der Waals surface area contributed by atoms with Gasteiger partial charge in [-0.2, -0.15) is 0 Å². The van der Waals surface area contributed by atoms with Crippen LogP contribution in [0.1, 0.15) is 36.2 Å². The lowest BCUT2D eigenvalue weighted by Crippen LogP contribution is -2.24. The van der Waals surface area contributed by atoms with E-state index in [0.717, 1.165) is 10.5 Å². The first kappa shape index (κ1) is 24.1. The Bertz CT molecular complexity index is 1130. The molecular weight excluding hydrogens is 434 g/mol. The van der Waals surface area contributed by atoms with Gasteiger partial charge in [0.1, 0.15) is 0 Å². The fraction of sp³-hybridized carbons (Fsp3) is 0.192. The SMILES string of the molecule is CCC(Sc1cccc(NC(=O)c2ccc(C)cc2)c1)C(=O)Nc1ccc(NC(C)=O)cc1. The van der Waals surface area contributed by atoms with E-state index in [4.69, 9.17) is 0 Å². The molecule has 1 atom stereocenters. The Labute approximate surface area is 198 Å². The minimum Gasteiger partial charge on any atom is -0.326 e. The van der Waals surface area contributed by atoms with E-state index in [2.05, 4.69) is 16.0 Å². The molecule has 3 aromatic carbocycles. The van der Waals surface area contributed by atoms with Crippen LogP contribution in [0.2, 0.25) is 0 Å². The minimum atomic E-state index is -0.303. The normalized spacial score (nSPS) is 11.4. The Morgan fingerprint density at radius 1 is 0.818 bits per heavy atom. The van der Waals surface area contributed by atoms with Crippen LogP contribution >= 0.6 is 11.8 Å². The van der Waals surface area contributed by atoms with E-state index >= 15 is 0 Å². The van der Waals surface area contributed by atoms with Gasteiger partial charge in [-0.3, -0.25) is 14.4 Å². The number of thioether (sulfide) groups is 1. The van der Waals surface area contributed by atoms with Crippen molar-refractivity contribution in [2.45, 2.75) is 37.3 Å². The number of rotatable bonds is 8. The topological polar surface area (TPSA) is 87.3 Å². The monoisotopic (exact) mass is 461 g/mol. The van der Waals surface area contributed by atoms with E-state index < -0.39 is 0 Å². The van der Waals surface area contributed by atoms with Crippen LogP contribution in [0.15, 0.2) is 77.7 Å². The van der Waals surface area contributed by atoms with Crippen molar-refractivity contribution in [2.24, 2.45) is 0 Å². The summed E-state index contributed by atoms with van der Waals surface area (Å²) in [6, 6.07) is 21.9. The number of hydrogen-bond acceptors (Lipinski definition) is 4. The highest BCUT2D eigenvalue weighted by atomic mass is 32.2. The van der Waals surface area contributed by atoms with Gasteiger partial charge in [-0.25, -0.2) is 0 Å². The molecule has 0 spiro atoms. The number of benzene rings is 3. The highest BCUT2D eigenvalue weighted by molar-refractivity contribution is 8.00. The van der Waals surface area contributed by atoms with Crippen molar-refractivity contribution < 1.29 is 14.4 Å². The molecule has 0 aliphatic heterocycles. The van der Waals surface area contributed by atoms with Crippen LogP contribution in [0.4, 0.5) is 17.1 Å². The number of carbonyl (C=O) groups excluding carboxylic acids is 3. The van der Waals surface area contributed by atoms with Gasteiger partial charge in [0, 0.05) is 34.4 Å². The summed E-state index contributed by atoms with van der Waals surface area (Å²) in [6.07, 6.45) is 0.639. The highest BCUT2D eigenvalue weighted by Crippen LogP contribution is 2.29. The molecule has 3 N–H and O–H groups in total. The van der Waals surface area contributed by atoms with Crippen LogP contribution in [0, 0.1) is 6.92 Å². The zero-order valence-electron chi connectivity index (χ0n) is 18.8. The molecule has 0 radical (unpaired) electrons. The van der Waals surface area contributed by atoms with E-state index in [1.165, 1.54) is 18.7 Å². The van der Waals surface area contributed by atoms with Gasteiger partial charge in [0.25, 0.3) is 5.91 Å². The zero-order chi connectivity index (χ0) is 23.8. The predicted octanol–water partition coefficient (Wildman–Crippen LogP) is 5.72. The van der Waals surface area contributed by atoms with E-state index in [1.54, 1.807) is 36.4 Å². The Kier molecular flexibility index (Phi) is 8.27. The second-order valence-electron chi connectivity index (χ2n) is 7.61. The van der Waals surface area contributed by atoms with Gasteiger partial charge in [0.2, 0.25) is 11.8 Å². The minimum absolute atomic E-state index is 0.108. The smallest absolute Gasteiger partial charge is 0.255 e. The maximum atomic E-state index is 12.8. The number of carbonyl (C=O) groups is 3. The van der Waals surface area contributed by atoms with Gasteiger partial charge < -0.3 is 16.0 Å². The van der Waals surface area contributed by atoms with Crippen molar-refractivity contribution in [1.29, 1.82) is 0 Å². The first-order valence-corrected chi connectivity index (χ1v) is 11.5. The van der Waals surface area contributed by atoms with Crippen molar-refractivity contribution in [2.75, 3.05) is 16.0 Å². The summed E-state index contributed by atoms with van der Waals surface area (Å²) >= 11 is 1.45. The molecule has 3 aromatic rings. The molecule has 6 nitrogen and oxygen atoms in total. The maximum absolute atomic E-state index is 12.8. The van der Waals surface area contributed by atoms with E-state index in [-0.39, 0.29) is 23.0 Å². The maximum Gasteiger partial charge on any atom is 0.255 e. The van der Waals surface area contributed by atoms with Crippen molar-refractivity contribution in [1.82, 2.24) is 0 Å². The molecular formula is C26H27N3O3S.